The van der Waals surface area contributed by atoms with Gasteiger partial charge in [0.15, 0.2) is 17.7 Å². The maximum Gasteiger partial charge on any atom is 0.227 e. The Morgan fingerprint density at radius 3 is 2.66 bits per heavy atom. The first-order valence-corrected chi connectivity index (χ1v) is 18.3. The number of carbonyl (C=O) groups excluding carboxylic acids is 1. The molecular weight excluding hydrogens is 665 g/mol. The minimum Gasteiger partial charge on any atom is -0.434 e. The van der Waals surface area contributed by atoms with Gasteiger partial charge in [-0.05, 0) is 111 Å². The normalized spacial score (nSPS) is 16.8. The fourth-order valence-corrected chi connectivity index (χ4v) is 7.04. The zero-order valence-electron chi connectivity index (χ0n) is 30.8. The minimum absolute atomic E-state index is 0.0621. The Hall–Kier alpha value is -5.41. The summed E-state index contributed by atoms with van der Waals surface area (Å²) in [4.78, 5) is 32.8. The molecule has 274 valence electrons. The van der Waals surface area contributed by atoms with E-state index in [4.69, 9.17) is 15.1 Å². The summed E-state index contributed by atoms with van der Waals surface area (Å²) in [5.74, 6) is 0.378. The number of nitrogens with zero attached hydrogens (tertiary/aromatic N) is 7. The highest BCUT2D eigenvalue weighted by Gasteiger charge is 2.22. The third kappa shape index (κ3) is 8.98. The molecule has 0 amide bonds. The fraction of sp³-hybridized carbons (Fsp3) is 0.357. The van der Waals surface area contributed by atoms with Gasteiger partial charge in [-0.2, -0.15) is 5.26 Å². The number of carbonyl (C=O) groups is 1. The summed E-state index contributed by atoms with van der Waals surface area (Å²) in [7, 11) is 1.89. The maximum absolute atomic E-state index is 12.2. The van der Waals surface area contributed by atoms with Crippen molar-refractivity contribution in [2.45, 2.75) is 52.2 Å². The number of oxazole rings is 1. The second kappa shape index (κ2) is 17.4. The zero-order valence-corrected chi connectivity index (χ0v) is 30.8. The highest BCUT2D eigenvalue weighted by Crippen LogP contribution is 2.34. The molecule has 2 aliphatic rings. The summed E-state index contributed by atoms with van der Waals surface area (Å²) in [6, 6.07) is 12.2. The van der Waals surface area contributed by atoms with Gasteiger partial charge in [0.1, 0.15) is 11.6 Å². The quantitative estimate of drug-likeness (QED) is 0.0926. The Balaban J connectivity index is 1.25. The van der Waals surface area contributed by atoms with Crippen molar-refractivity contribution < 1.29 is 14.3 Å². The molecule has 11 heteroatoms. The number of benzene rings is 1. The van der Waals surface area contributed by atoms with Crippen LogP contribution in [0.3, 0.4) is 0 Å². The lowest BCUT2D eigenvalue weighted by atomic mass is 9.92. The number of likely N-dealkylation sites (N-methyl/N-ethyl adjacent to an activating group) is 1. The van der Waals surface area contributed by atoms with Crippen LogP contribution in [0.5, 0.6) is 0 Å². The van der Waals surface area contributed by atoms with Gasteiger partial charge in [0.2, 0.25) is 5.89 Å². The molecule has 3 aromatic heterocycles. The first-order valence-electron chi connectivity index (χ1n) is 18.3. The summed E-state index contributed by atoms with van der Waals surface area (Å²) in [6.45, 7) is 10.3. The lowest BCUT2D eigenvalue weighted by molar-refractivity contribution is 0.0802. The van der Waals surface area contributed by atoms with E-state index in [2.05, 4.69) is 31.9 Å². The van der Waals surface area contributed by atoms with Crippen LogP contribution in [0.4, 0.5) is 0 Å². The topological polar surface area (TPSA) is 149 Å². The van der Waals surface area contributed by atoms with Gasteiger partial charge in [0.05, 0.1) is 17.3 Å². The number of pyridine rings is 2. The molecular formula is C42H48N8O3. The predicted molar refractivity (Wildman–Crippen MR) is 209 cm³/mol. The van der Waals surface area contributed by atoms with E-state index >= 15 is 0 Å². The molecule has 0 bridgehead atoms. The molecule has 0 aliphatic carbocycles. The first-order chi connectivity index (χ1) is 25.8. The van der Waals surface area contributed by atoms with Crippen LogP contribution < -0.4 is 5.73 Å². The molecule has 0 spiro atoms. The number of fused-ring (bicyclic) bond motifs is 1. The summed E-state index contributed by atoms with van der Waals surface area (Å²) in [6.07, 6.45) is 17.4. The molecule has 0 saturated carbocycles. The van der Waals surface area contributed by atoms with Gasteiger partial charge in [-0.25, -0.2) is 4.98 Å². The highest BCUT2D eigenvalue weighted by molar-refractivity contribution is 5.89. The second-order valence-corrected chi connectivity index (χ2v) is 13.9. The number of piperidine rings is 1. The number of nitrogens with two attached hydrogens (primary N) is 1. The van der Waals surface area contributed by atoms with Crippen molar-refractivity contribution in [2.75, 3.05) is 46.3 Å². The Morgan fingerprint density at radius 2 is 1.92 bits per heavy atom. The van der Waals surface area contributed by atoms with Gasteiger partial charge in [0, 0.05) is 69.3 Å². The number of allylic oxidation sites excluding steroid dienone is 5. The fourth-order valence-electron chi connectivity index (χ4n) is 7.04. The van der Waals surface area contributed by atoms with Crippen LogP contribution in [-0.2, 0) is 6.54 Å². The third-order valence-electron chi connectivity index (χ3n) is 10.1. The minimum atomic E-state index is -0.226. The van der Waals surface area contributed by atoms with E-state index in [9.17, 15) is 15.2 Å². The van der Waals surface area contributed by atoms with Gasteiger partial charge in [-0.3, -0.25) is 19.7 Å². The Kier molecular flexibility index (Phi) is 12.3. The van der Waals surface area contributed by atoms with Crippen molar-refractivity contribution in [3.05, 3.63) is 107 Å². The van der Waals surface area contributed by atoms with Gasteiger partial charge < -0.3 is 25.1 Å². The van der Waals surface area contributed by atoms with E-state index < -0.39 is 0 Å². The van der Waals surface area contributed by atoms with E-state index in [0.717, 1.165) is 91.0 Å². The smallest absolute Gasteiger partial charge is 0.227 e. The van der Waals surface area contributed by atoms with Crippen LogP contribution in [0.15, 0.2) is 77.3 Å². The standard InChI is InChI=1S/C42H48N8O3/c1-29(23-43)35(8-7-11-38-40-32(12-15-45-38)22-31(25-46-40)26-50-16-4-5-17-50)36-9-6-10-37(30(36)2)42-47-39(28-51)41(53-42)33(24-44)27-48(3)20-21-49-18-13-34(52)14-19-49/h6-12,15,22-23,25,27-28,34,52H,4-5,13-14,16-21,26,43H2,1-3H3/b11-7-,29-23+,33-27-,35-8+. The van der Waals surface area contributed by atoms with E-state index in [1.165, 1.54) is 18.4 Å². The largest absolute Gasteiger partial charge is 0.434 e. The van der Waals surface area contributed by atoms with Crippen molar-refractivity contribution in [1.29, 1.82) is 5.26 Å². The Morgan fingerprint density at radius 1 is 1.13 bits per heavy atom. The van der Waals surface area contributed by atoms with E-state index in [0.29, 0.717) is 18.4 Å². The number of aromatic nitrogens is 3. The van der Waals surface area contributed by atoms with Crippen LogP contribution in [0.25, 0.3) is 39.6 Å². The van der Waals surface area contributed by atoms with Gasteiger partial charge in [-0.1, -0.05) is 24.3 Å². The summed E-state index contributed by atoms with van der Waals surface area (Å²) < 4.78 is 6.19. The number of nitriles is 1. The zero-order chi connectivity index (χ0) is 37.3. The van der Waals surface area contributed by atoms with Gasteiger partial charge in [-0.15, -0.1) is 0 Å². The van der Waals surface area contributed by atoms with E-state index in [1.54, 1.807) is 12.4 Å². The average molecular weight is 713 g/mol. The molecule has 6 rings (SSSR count). The van der Waals surface area contributed by atoms with Crippen molar-refractivity contribution in [3.63, 3.8) is 0 Å². The summed E-state index contributed by atoms with van der Waals surface area (Å²) in [5, 5.41) is 21.0. The predicted octanol–water partition coefficient (Wildman–Crippen LogP) is 6.21. The number of aldehydes is 1. The van der Waals surface area contributed by atoms with Crippen LogP contribution in [0, 0.1) is 18.3 Å². The number of hydrogen-bond donors (Lipinski definition) is 2. The molecule has 0 unspecified atom stereocenters. The molecule has 11 nitrogen and oxygen atoms in total. The molecule has 2 saturated heterocycles. The molecule has 5 heterocycles. The maximum atomic E-state index is 12.2. The Bertz CT molecular complexity index is 2090. The monoisotopic (exact) mass is 712 g/mol. The van der Waals surface area contributed by atoms with Gasteiger partial charge in [0.25, 0.3) is 0 Å². The summed E-state index contributed by atoms with van der Waals surface area (Å²) >= 11 is 0. The van der Waals surface area contributed by atoms with E-state index in [-0.39, 0.29) is 29.0 Å². The molecule has 2 aliphatic heterocycles. The van der Waals surface area contributed by atoms with Crippen molar-refractivity contribution in [2.24, 2.45) is 5.73 Å². The van der Waals surface area contributed by atoms with E-state index in [1.807, 2.05) is 80.7 Å². The molecule has 1 aromatic carbocycles. The number of hydrogen-bond acceptors (Lipinski definition) is 11. The van der Waals surface area contributed by atoms with Crippen LogP contribution in [0.2, 0.25) is 0 Å². The van der Waals surface area contributed by atoms with Crippen LogP contribution in [-0.4, -0.2) is 93.5 Å². The number of aliphatic hydroxyl groups excluding tert-OH is 1. The van der Waals surface area contributed by atoms with Crippen LogP contribution >= 0.6 is 0 Å². The van der Waals surface area contributed by atoms with Crippen molar-refractivity contribution in [3.8, 4) is 17.5 Å². The second-order valence-electron chi connectivity index (χ2n) is 13.9. The number of likely N-dealkylation sites (tertiary alicyclic amines) is 2. The first kappa shape index (κ1) is 37.4. The highest BCUT2D eigenvalue weighted by atomic mass is 16.4. The van der Waals surface area contributed by atoms with Crippen molar-refractivity contribution >= 4 is 34.4 Å². The lowest BCUT2D eigenvalue weighted by Crippen LogP contribution is -2.39. The molecule has 4 aromatic rings. The Labute approximate surface area is 311 Å². The molecule has 2 fully saturated rings. The van der Waals surface area contributed by atoms with Crippen molar-refractivity contribution in [1.82, 2.24) is 29.7 Å². The summed E-state index contributed by atoms with van der Waals surface area (Å²) in [5.41, 5.74) is 13.4. The molecule has 0 radical (unpaired) electrons. The third-order valence-corrected chi connectivity index (χ3v) is 10.1. The molecule has 53 heavy (non-hydrogen) atoms. The lowest BCUT2D eigenvalue weighted by Gasteiger charge is -2.30. The molecule has 3 N–H and O–H groups in total. The SMILES string of the molecule is CC(=C\N)/C(=C\C=C/c1nccc2cc(CN3CCCC3)cnc12)c1cccc(-c2nc(C=O)c(/C(C#N)=C\N(C)CCN3CCC(O)CC3)o2)c1C. The number of rotatable bonds is 13. The average Bonchev–Trinajstić information content (AvgIpc) is 3.85. The molecule has 0 atom stereocenters. The van der Waals surface area contributed by atoms with Gasteiger partial charge >= 0.3 is 0 Å². The number of aliphatic hydroxyl groups is 1. The van der Waals surface area contributed by atoms with Crippen LogP contribution in [0.1, 0.15) is 71.2 Å².